The molecule has 1 unspecified atom stereocenters. The van der Waals surface area contributed by atoms with Gasteiger partial charge in [0.15, 0.2) is 0 Å². The normalized spacial score (nSPS) is 12.1. The molecule has 0 aromatic heterocycles. The molecule has 0 radical (unpaired) electrons. The van der Waals surface area contributed by atoms with Crippen LogP contribution in [0.5, 0.6) is 5.75 Å². The van der Waals surface area contributed by atoms with E-state index in [2.05, 4.69) is 11.4 Å². The van der Waals surface area contributed by atoms with Crippen LogP contribution in [0.25, 0.3) is 0 Å². The summed E-state index contributed by atoms with van der Waals surface area (Å²) in [6, 6.07) is 16.0. The van der Waals surface area contributed by atoms with Crippen LogP contribution in [0.3, 0.4) is 0 Å². The van der Waals surface area contributed by atoms with Crippen molar-refractivity contribution < 1.29 is 9.84 Å². The largest absolute Gasteiger partial charge is 0.487 e. The third-order valence-electron chi connectivity index (χ3n) is 3.57. The van der Waals surface area contributed by atoms with Gasteiger partial charge in [-0.05, 0) is 49.6 Å². The number of nitrogen functional groups attached to an aromatic ring is 1. The maximum atomic E-state index is 9.18. The van der Waals surface area contributed by atoms with Crippen LogP contribution in [0, 0.1) is 0 Å². The first kappa shape index (κ1) is 17.3. The van der Waals surface area contributed by atoms with E-state index in [9.17, 15) is 5.11 Å². The number of ether oxygens (including phenoxy) is 1. The molecule has 0 heterocycles. The van der Waals surface area contributed by atoms with Crippen LogP contribution < -0.4 is 15.8 Å². The van der Waals surface area contributed by atoms with Gasteiger partial charge in [-0.3, -0.25) is 0 Å². The summed E-state index contributed by atoms with van der Waals surface area (Å²) in [6.45, 7) is 3.82. The first-order valence-corrected chi connectivity index (χ1v) is 8.09. The second-order valence-electron chi connectivity index (χ2n) is 5.80. The summed E-state index contributed by atoms with van der Waals surface area (Å²) in [4.78, 5) is 0. The summed E-state index contributed by atoms with van der Waals surface area (Å²) in [7, 11) is 0. The molecule has 0 saturated heterocycles. The molecule has 0 fully saturated rings. The van der Waals surface area contributed by atoms with Crippen molar-refractivity contribution in [3.05, 3.63) is 59.7 Å². The fourth-order valence-electron chi connectivity index (χ4n) is 2.35. The van der Waals surface area contributed by atoms with Crippen molar-refractivity contribution in [1.29, 1.82) is 0 Å². The quantitative estimate of drug-likeness (QED) is 0.492. The van der Waals surface area contributed by atoms with Gasteiger partial charge in [0, 0.05) is 6.54 Å². The molecule has 4 nitrogen and oxygen atoms in total. The van der Waals surface area contributed by atoms with E-state index in [0.717, 1.165) is 30.7 Å². The number of aliphatic hydroxyl groups is 1. The molecule has 0 amide bonds. The number of hydrogen-bond acceptors (Lipinski definition) is 4. The van der Waals surface area contributed by atoms with Gasteiger partial charge in [-0.1, -0.05) is 36.4 Å². The molecule has 0 spiro atoms. The Balaban J connectivity index is 1.78. The predicted octanol–water partition coefficient (Wildman–Crippen LogP) is 2.75. The Morgan fingerprint density at radius 2 is 1.91 bits per heavy atom. The topological polar surface area (TPSA) is 67.5 Å². The number of aliphatic hydroxyl groups excluding tert-OH is 1. The lowest BCUT2D eigenvalue weighted by molar-refractivity contribution is 0.191. The molecule has 0 aliphatic rings. The molecule has 0 aliphatic heterocycles. The van der Waals surface area contributed by atoms with Crippen molar-refractivity contribution in [2.45, 2.75) is 32.5 Å². The zero-order valence-electron chi connectivity index (χ0n) is 13.7. The summed E-state index contributed by atoms with van der Waals surface area (Å²) >= 11 is 0. The van der Waals surface area contributed by atoms with E-state index in [1.54, 1.807) is 6.92 Å². The van der Waals surface area contributed by atoms with Gasteiger partial charge < -0.3 is 20.9 Å². The van der Waals surface area contributed by atoms with Crippen molar-refractivity contribution in [3.63, 3.8) is 0 Å². The van der Waals surface area contributed by atoms with Crippen LogP contribution in [0.15, 0.2) is 48.5 Å². The average molecular weight is 314 g/mol. The van der Waals surface area contributed by atoms with Gasteiger partial charge in [-0.2, -0.15) is 0 Å². The minimum absolute atomic E-state index is 0.299. The average Bonchev–Trinajstić information content (AvgIpc) is 2.54. The number of aryl methyl sites for hydroxylation is 1. The molecule has 23 heavy (non-hydrogen) atoms. The monoisotopic (exact) mass is 314 g/mol. The molecule has 0 saturated carbocycles. The molecular formula is C19H26N2O2. The van der Waals surface area contributed by atoms with Crippen LogP contribution >= 0.6 is 0 Å². The minimum Gasteiger partial charge on any atom is -0.487 e. The third-order valence-corrected chi connectivity index (χ3v) is 3.57. The predicted molar refractivity (Wildman–Crippen MR) is 94.5 cm³/mol. The van der Waals surface area contributed by atoms with E-state index >= 15 is 0 Å². The highest BCUT2D eigenvalue weighted by atomic mass is 16.5. The third kappa shape index (κ3) is 6.30. The summed E-state index contributed by atoms with van der Waals surface area (Å²) in [5.41, 5.74) is 9.09. The van der Waals surface area contributed by atoms with Crippen molar-refractivity contribution >= 4 is 5.69 Å². The number of benzene rings is 2. The highest BCUT2D eigenvalue weighted by molar-refractivity contribution is 5.54. The van der Waals surface area contributed by atoms with Gasteiger partial charge in [-0.15, -0.1) is 0 Å². The fourth-order valence-corrected chi connectivity index (χ4v) is 2.35. The second-order valence-corrected chi connectivity index (χ2v) is 5.80. The van der Waals surface area contributed by atoms with Crippen LogP contribution in [0.4, 0.5) is 5.69 Å². The number of anilines is 1. The zero-order valence-corrected chi connectivity index (χ0v) is 13.7. The molecule has 4 N–H and O–H groups in total. The SMILES string of the molecule is CC(O)CNCCCc1ccc(OCc2ccccc2)c(N)c1. The molecule has 2 aromatic rings. The molecule has 2 rings (SSSR count). The summed E-state index contributed by atoms with van der Waals surface area (Å²) in [6.07, 6.45) is 1.67. The van der Waals surface area contributed by atoms with E-state index in [1.807, 2.05) is 42.5 Å². The lowest BCUT2D eigenvalue weighted by Crippen LogP contribution is -2.25. The smallest absolute Gasteiger partial charge is 0.142 e. The fraction of sp³-hybridized carbons (Fsp3) is 0.368. The highest BCUT2D eigenvalue weighted by Gasteiger charge is 2.03. The second kappa shape index (κ2) is 9.18. The lowest BCUT2D eigenvalue weighted by atomic mass is 10.1. The minimum atomic E-state index is -0.299. The maximum Gasteiger partial charge on any atom is 0.142 e. The Hall–Kier alpha value is -2.04. The zero-order chi connectivity index (χ0) is 16.5. The van der Waals surface area contributed by atoms with E-state index in [0.29, 0.717) is 18.8 Å². The number of nitrogens with one attached hydrogen (secondary N) is 1. The Labute approximate surface area is 138 Å². The van der Waals surface area contributed by atoms with Gasteiger partial charge in [0.2, 0.25) is 0 Å². The molecule has 1 atom stereocenters. The molecular weight excluding hydrogens is 288 g/mol. The van der Waals surface area contributed by atoms with Crippen LogP contribution in [0.2, 0.25) is 0 Å². The first-order chi connectivity index (χ1) is 11.1. The van der Waals surface area contributed by atoms with E-state index in [4.69, 9.17) is 10.5 Å². The summed E-state index contributed by atoms with van der Waals surface area (Å²) in [5.74, 6) is 0.727. The molecule has 0 aliphatic carbocycles. The highest BCUT2D eigenvalue weighted by Crippen LogP contribution is 2.24. The summed E-state index contributed by atoms with van der Waals surface area (Å²) in [5, 5.41) is 12.4. The first-order valence-electron chi connectivity index (χ1n) is 8.09. The van der Waals surface area contributed by atoms with E-state index < -0.39 is 0 Å². The van der Waals surface area contributed by atoms with Gasteiger partial charge in [0.25, 0.3) is 0 Å². The van der Waals surface area contributed by atoms with Crippen LogP contribution in [0.1, 0.15) is 24.5 Å². The lowest BCUT2D eigenvalue weighted by Gasteiger charge is -2.11. The number of rotatable bonds is 9. The number of nitrogens with two attached hydrogens (primary N) is 1. The standard InChI is InChI=1S/C19H26N2O2/c1-15(22)13-21-11-5-8-16-9-10-19(18(20)12-16)23-14-17-6-3-2-4-7-17/h2-4,6-7,9-10,12,15,21-22H,5,8,11,13-14,20H2,1H3. The Kier molecular flexibility index (Phi) is 6.91. The molecule has 124 valence electrons. The van der Waals surface area contributed by atoms with Gasteiger partial charge >= 0.3 is 0 Å². The Morgan fingerprint density at radius 1 is 1.13 bits per heavy atom. The summed E-state index contributed by atoms with van der Waals surface area (Å²) < 4.78 is 5.78. The van der Waals surface area contributed by atoms with E-state index in [1.165, 1.54) is 5.56 Å². The Bertz CT molecular complexity index is 585. The van der Waals surface area contributed by atoms with Crippen molar-refractivity contribution in [2.24, 2.45) is 0 Å². The van der Waals surface area contributed by atoms with Crippen molar-refractivity contribution in [1.82, 2.24) is 5.32 Å². The maximum absolute atomic E-state index is 9.18. The van der Waals surface area contributed by atoms with Crippen molar-refractivity contribution in [2.75, 3.05) is 18.8 Å². The van der Waals surface area contributed by atoms with Crippen LogP contribution in [-0.2, 0) is 13.0 Å². The van der Waals surface area contributed by atoms with Gasteiger partial charge in [0.05, 0.1) is 11.8 Å². The Morgan fingerprint density at radius 3 is 2.61 bits per heavy atom. The van der Waals surface area contributed by atoms with Crippen molar-refractivity contribution in [3.8, 4) is 5.75 Å². The molecule has 0 bridgehead atoms. The van der Waals surface area contributed by atoms with Gasteiger partial charge in [0.1, 0.15) is 12.4 Å². The number of hydrogen-bond donors (Lipinski definition) is 3. The van der Waals surface area contributed by atoms with Gasteiger partial charge in [-0.25, -0.2) is 0 Å². The van der Waals surface area contributed by atoms with E-state index in [-0.39, 0.29) is 6.10 Å². The molecule has 2 aromatic carbocycles. The molecule has 4 heteroatoms. The van der Waals surface area contributed by atoms with Crippen LogP contribution in [-0.4, -0.2) is 24.3 Å².